The third-order valence-electron chi connectivity index (χ3n) is 4.94. The van der Waals surface area contributed by atoms with Gasteiger partial charge in [-0.1, -0.05) is 54.1 Å². The summed E-state index contributed by atoms with van der Waals surface area (Å²) in [4.78, 5) is 0. The van der Waals surface area contributed by atoms with Crippen molar-refractivity contribution in [2.24, 2.45) is 0 Å². The first-order chi connectivity index (χ1) is 15.0. The molecule has 8 heteroatoms. The van der Waals surface area contributed by atoms with Gasteiger partial charge in [-0.05, 0) is 49.3 Å². The first-order valence-electron chi connectivity index (χ1n) is 9.91. The topological polar surface area (TPSA) is 59.7 Å². The molecule has 0 aliphatic rings. The number of thiocarbonyl (C=S) groups is 1. The maximum Gasteiger partial charge on any atom is 0.175 e. The van der Waals surface area contributed by atoms with E-state index in [9.17, 15) is 0 Å². The Labute approximate surface area is 191 Å². The molecule has 158 valence electrons. The third kappa shape index (κ3) is 5.31. The molecule has 31 heavy (non-hydrogen) atoms. The van der Waals surface area contributed by atoms with Gasteiger partial charge in [0.2, 0.25) is 0 Å². The predicted octanol–water partition coefficient (Wildman–Crippen LogP) is 5.26. The number of hydrogen-bond acceptors (Lipinski definition) is 3. The lowest BCUT2D eigenvalue weighted by Crippen LogP contribution is -2.19. The van der Waals surface area contributed by atoms with E-state index in [0.29, 0.717) is 18.2 Å². The van der Waals surface area contributed by atoms with Crippen LogP contribution in [0.15, 0.2) is 67.0 Å². The Kier molecular flexibility index (Phi) is 6.34. The van der Waals surface area contributed by atoms with Crippen LogP contribution < -0.4 is 10.6 Å². The molecule has 0 fully saturated rings. The number of anilines is 2. The molecular formula is C23H23ClN6S. The lowest BCUT2D eigenvalue weighted by Gasteiger charge is -2.10. The molecule has 2 aromatic heterocycles. The second kappa shape index (κ2) is 9.32. The summed E-state index contributed by atoms with van der Waals surface area (Å²) in [7, 11) is 0. The maximum atomic E-state index is 5.95. The number of nitrogens with one attached hydrogen (secondary N) is 2. The first kappa shape index (κ1) is 21.1. The van der Waals surface area contributed by atoms with Crippen molar-refractivity contribution in [2.75, 3.05) is 10.6 Å². The molecule has 0 atom stereocenters. The zero-order valence-corrected chi connectivity index (χ0v) is 18.9. The molecule has 6 nitrogen and oxygen atoms in total. The second-order valence-electron chi connectivity index (χ2n) is 7.32. The van der Waals surface area contributed by atoms with Gasteiger partial charge < -0.3 is 10.6 Å². The summed E-state index contributed by atoms with van der Waals surface area (Å²) in [5, 5.41) is 16.8. The fourth-order valence-electron chi connectivity index (χ4n) is 3.36. The van der Waals surface area contributed by atoms with Crippen molar-refractivity contribution >= 4 is 40.3 Å². The van der Waals surface area contributed by atoms with E-state index in [0.717, 1.165) is 33.3 Å². The molecule has 0 unspecified atom stereocenters. The Balaban J connectivity index is 1.39. The molecule has 0 bridgehead atoms. The van der Waals surface area contributed by atoms with Crippen molar-refractivity contribution in [2.45, 2.75) is 26.9 Å². The molecule has 0 radical (unpaired) electrons. The number of rotatable bonds is 6. The molecule has 0 amide bonds. The van der Waals surface area contributed by atoms with E-state index < -0.39 is 0 Å². The van der Waals surface area contributed by atoms with Crippen LogP contribution in [0.25, 0.3) is 0 Å². The molecule has 0 saturated heterocycles. The predicted molar refractivity (Wildman–Crippen MR) is 130 cm³/mol. The van der Waals surface area contributed by atoms with Gasteiger partial charge in [0.25, 0.3) is 0 Å². The minimum absolute atomic E-state index is 0.497. The minimum atomic E-state index is 0.497. The van der Waals surface area contributed by atoms with Gasteiger partial charge in [0.05, 0.1) is 42.0 Å². The smallest absolute Gasteiger partial charge is 0.175 e. The Morgan fingerprint density at radius 2 is 1.68 bits per heavy atom. The van der Waals surface area contributed by atoms with Crippen molar-refractivity contribution in [3.8, 4) is 0 Å². The average molecular weight is 451 g/mol. The van der Waals surface area contributed by atoms with Crippen LogP contribution in [0, 0.1) is 13.8 Å². The van der Waals surface area contributed by atoms with Crippen LogP contribution in [0.1, 0.15) is 22.5 Å². The minimum Gasteiger partial charge on any atom is -0.330 e. The standard InChI is InChI=1S/C23H23ClN6S/c1-16-22(17(2)30(28-16)14-18-6-4-3-5-7-18)27-23(31)26-21-12-25-29(15-21)13-19-8-10-20(24)11-9-19/h3-12,15H,13-14H2,1-2H3,(H2,26,27,31). The Morgan fingerprint density at radius 1 is 0.968 bits per heavy atom. The molecule has 2 heterocycles. The van der Waals surface area contributed by atoms with Crippen molar-refractivity contribution < 1.29 is 0 Å². The summed E-state index contributed by atoms with van der Waals surface area (Å²) in [5.41, 5.74) is 5.99. The fourth-order valence-corrected chi connectivity index (χ4v) is 3.70. The molecule has 0 spiro atoms. The van der Waals surface area contributed by atoms with E-state index in [1.165, 1.54) is 5.56 Å². The Morgan fingerprint density at radius 3 is 2.42 bits per heavy atom. The summed E-state index contributed by atoms with van der Waals surface area (Å²) in [6.07, 6.45) is 3.67. The molecule has 4 rings (SSSR count). The summed E-state index contributed by atoms with van der Waals surface area (Å²) in [6, 6.07) is 18.0. The normalized spacial score (nSPS) is 10.8. The van der Waals surface area contributed by atoms with E-state index in [4.69, 9.17) is 23.8 Å². The van der Waals surface area contributed by atoms with Gasteiger partial charge in [0, 0.05) is 11.2 Å². The molecule has 0 aliphatic carbocycles. The fraction of sp³-hybridized carbons (Fsp3) is 0.174. The van der Waals surface area contributed by atoms with Gasteiger partial charge in [-0.15, -0.1) is 0 Å². The maximum absolute atomic E-state index is 5.95. The van der Waals surface area contributed by atoms with Crippen LogP contribution in [-0.2, 0) is 13.1 Å². The second-order valence-corrected chi connectivity index (χ2v) is 8.17. The number of aryl methyl sites for hydroxylation is 1. The van der Waals surface area contributed by atoms with Crippen molar-refractivity contribution in [3.05, 3.63) is 94.5 Å². The highest BCUT2D eigenvalue weighted by atomic mass is 35.5. The summed E-state index contributed by atoms with van der Waals surface area (Å²) >= 11 is 11.5. The van der Waals surface area contributed by atoms with Gasteiger partial charge in [-0.3, -0.25) is 9.36 Å². The van der Waals surface area contributed by atoms with Crippen LogP contribution in [0.3, 0.4) is 0 Å². The number of benzene rings is 2. The molecule has 2 N–H and O–H groups in total. The number of aromatic nitrogens is 4. The number of nitrogens with zero attached hydrogens (tertiary/aromatic N) is 4. The molecule has 0 saturated carbocycles. The monoisotopic (exact) mass is 450 g/mol. The van der Waals surface area contributed by atoms with E-state index in [-0.39, 0.29) is 0 Å². The van der Waals surface area contributed by atoms with Crippen molar-refractivity contribution in [3.63, 3.8) is 0 Å². The highest BCUT2D eigenvalue weighted by Crippen LogP contribution is 2.21. The van der Waals surface area contributed by atoms with E-state index in [1.54, 1.807) is 6.20 Å². The van der Waals surface area contributed by atoms with Gasteiger partial charge >= 0.3 is 0 Å². The van der Waals surface area contributed by atoms with E-state index in [1.807, 2.05) is 71.9 Å². The van der Waals surface area contributed by atoms with Gasteiger partial charge in [0.1, 0.15) is 0 Å². The van der Waals surface area contributed by atoms with Crippen LogP contribution >= 0.6 is 23.8 Å². The highest BCUT2D eigenvalue weighted by Gasteiger charge is 2.13. The van der Waals surface area contributed by atoms with Crippen LogP contribution in [-0.4, -0.2) is 24.7 Å². The highest BCUT2D eigenvalue weighted by molar-refractivity contribution is 7.80. The third-order valence-corrected chi connectivity index (χ3v) is 5.40. The van der Waals surface area contributed by atoms with E-state index in [2.05, 4.69) is 33.0 Å². The van der Waals surface area contributed by atoms with Crippen molar-refractivity contribution in [1.82, 2.24) is 19.6 Å². The first-order valence-corrected chi connectivity index (χ1v) is 10.7. The van der Waals surface area contributed by atoms with Gasteiger partial charge in [0.15, 0.2) is 5.11 Å². The van der Waals surface area contributed by atoms with Crippen molar-refractivity contribution in [1.29, 1.82) is 0 Å². The summed E-state index contributed by atoms with van der Waals surface area (Å²) in [6.45, 7) is 5.39. The molecular weight excluding hydrogens is 428 g/mol. The number of halogens is 1. The summed E-state index contributed by atoms with van der Waals surface area (Å²) < 4.78 is 3.84. The average Bonchev–Trinajstić information content (AvgIpc) is 3.29. The Hall–Kier alpha value is -3.16. The molecule has 0 aliphatic heterocycles. The quantitative estimate of drug-likeness (QED) is 0.392. The van der Waals surface area contributed by atoms with Gasteiger partial charge in [-0.2, -0.15) is 10.2 Å². The SMILES string of the molecule is Cc1nn(Cc2ccccc2)c(C)c1NC(=S)Nc1cnn(Cc2ccc(Cl)cc2)c1. The summed E-state index contributed by atoms with van der Waals surface area (Å²) in [5.74, 6) is 0. The number of hydrogen-bond donors (Lipinski definition) is 2. The van der Waals surface area contributed by atoms with Crippen LogP contribution in [0.2, 0.25) is 5.02 Å². The largest absolute Gasteiger partial charge is 0.330 e. The molecule has 4 aromatic rings. The zero-order chi connectivity index (χ0) is 21.8. The van der Waals surface area contributed by atoms with Crippen LogP contribution in [0.5, 0.6) is 0 Å². The van der Waals surface area contributed by atoms with Crippen LogP contribution in [0.4, 0.5) is 11.4 Å². The molecule has 2 aromatic carbocycles. The van der Waals surface area contributed by atoms with Gasteiger partial charge in [-0.25, -0.2) is 0 Å². The lowest BCUT2D eigenvalue weighted by molar-refractivity contribution is 0.659. The Bertz CT molecular complexity index is 1180. The lowest BCUT2D eigenvalue weighted by atomic mass is 10.2. The van der Waals surface area contributed by atoms with E-state index >= 15 is 0 Å². The zero-order valence-electron chi connectivity index (χ0n) is 17.3.